The molecule has 0 radical (unpaired) electrons. The van der Waals surface area contributed by atoms with Crippen molar-refractivity contribution in [3.8, 4) is 0 Å². The van der Waals surface area contributed by atoms with Crippen LogP contribution in [0.15, 0.2) is 11.6 Å². The van der Waals surface area contributed by atoms with Crippen LogP contribution < -0.4 is 5.32 Å². The molecule has 0 saturated heterocycles. The maximum absolute atomic E-state index is 3.46. The Morgan fingerprint density at radius 1 is 1.40 bits per heavy atom. The fourth-order valence-corrected chi connectivity index (χ4v) is 2.94. The molecule has 0 spiro atoms. The quantitative estimate of drug-likeness (QED) is 0.736. The molecule has 1 atom stereocenters. The number of allylic oxidation sites excluding steroid dienone is 1. The Kier molecular flexibility index (Phi) is 5.20. The second kappa shape index (κ2) is 5.95. The summed E-state index contributed by atoms with van der Waals surface area (Å²) >= 11 is 2.06. The lowest BCUT2D eigenvalue weighted by Crippen LogP contribution is -2.32. The summed E-state index contributed by atoms with van der Waals surface area (Å²) in [7, 11) is 2.09. The van der Waals surface area contributed by atoms with Crippen LogP contribution in [0.25, 0.3) is 0 Å². The van der Waals surface area contributed by atoms with Gasteiger partial charge in [-0.2, -0.15) is 11.8 Å². The van der Waals surface area contributed by atoms with Crippen LogP contribution in [0.1, 0.15) is 46.5 Å². The highest BCUT2D eigenvalue weighted by Crippen LogP contribution is 2.28. The average molecular weight is 227 g/mol. The van der Waals surface area contributed by atoms with E-state index in [9.17, 15) is 0 Å². The van der Waals surface area contributed by atoms with Crippen molar-refractivity contribution in [3.05, 3.63) is 11.6 Å². The minimum Gasteiger partial charge on any atom is -0.313 e. The first-order valence-corrected chi connectivity index (χ1v) is 7.01. The molecule has 1 nitrogen and oxygen atoms in total. The molecule has 1 rings (SSSR count). The number of rotatable bonds is 4. The third kappa shape index (κ3) is 5.07. The van der Waals surface area contributed by atoms with Crippen LogP contribution in [-0.4, -0.2) is 23.6 Å². The first kappa shape index (κ1) is 13.1. The van der Waals surface area contributed by atoms with Crippen molar-refractivity contribution < 1.29 is 0 Å². The Balaban J connectivity index is 2.44. The van der Waals surface area contributed by atoms with Gasteiger partial charge in [-0.15, -0.1) is 0 Å². The molecule has 0 amide bonds. The molecule has 0 aromatic rings. The average Bonchev–Trinajstić information content (AvgIpc) is 2.19. The van der Waals surface area contributed by atoms with Crippen molar-refractivity contribution in [1.82, 2.24) is 5.32 Å². The summed E-state index contributed by atoms with van der Waals surface area (Å²) in [5.74, 6) is 1.20. The van der Waals surface area contributed by atoms with E-state index in [2.05, 4.69) is 51.0 Å². The molecule has 2 heteroatoms. The van der Waals surface area contributed by atoms with Crippen LogP contribution in [0.4, 0.5) is 0 Å². The molecule has 1 N–H and O–H groups in total. The summed E-state index contributed by atoms with van der Waals surface area (Å²) < 4.78 is 0.379. The third-order valence-corrected chi connectivity index (χ3v) is 4.17. The van der Waals surface area contributed by atoms with Gasteiger partial charge in [-0.05, 0) is 32.7 Å². The summed E-state index contributed by atoms with van der Waals surface area (Å²) in [4.78, 5) is 0. The molecule has 0 saturated carbocycles. The highest BCUT2D eigenvalue weighted by molar-refractivity contribution is 8.00. The largest absolute Gasteiger partial charge is 0.313 e. The Morgan fingerprint density at radius 3 is 2.60 bits per heavy atom. The van der Waals surface area contributed by atoms with Crippen molar-refractivity contribution >= 4 is 11.8 Å². The van der Waals surface area contributed by atoms with Gasteiger partial charge in [0.1, 0.15) is 0 Å². The van der Waals surface area contributed by atoms with Gasteiger partial charge in [0.15, 0.2) is 0 Å². The van der Waals surface area contributed by atoms with Gasteiger partial charge < -0.3 is 5.32 Å². The van der Waals surface area contributed by atoms with Gasteiger partial charge in [-0.3, -0.25) is 0 Å². The molecule has 1 aliphatic rings. The molecule has 1 aliphatic carbocycles. The highest BCUT2D eigenvalue weighted by atomic mass is 32.2. The SMILES string of the molecule is CNC(CSC(C)(C)C)C1=CCCCC1. The van der Waals surface area contributed by atoms with Crippen LogP contribution in [0.3, 0.4) is 0 Å². The van der Waals surface area contributed by atoms with Crippen molar-refractivity contribution in [2.45, 2.75) is 57.2 Å². The molecule has 0 heterocycles. The Hall–Kier alpha value is 0.0500. The number of nitrogens with one attached hydrogen (secondary N) is 1. The zero-order valence-electron chi connectivity index (χ0n) is 10.6. The van der Waals surface area contributed by atoms with E-state index in [1.165, 1.54) is 31.4 Å². The second-order valence-corrected chi connectivity index (χ2v) is 7.14. The second-order valence-electron chi connectivity index (χ2n) is 5.29. The fourth-order valence-electron chi connectivity index (χ4n) is 1.89. The van der Waals surface area contributed by atoms with Crippen LogP contribution >= 0.6 is 11.8 Å². The van der Waals surface area contributed by atoms with E-state index in [1.807, 2.05) is 0 Å². The standard InChI is InChI=1S/C13H25NS/c1-13(2,3)15-10-12(14-4)11-8-6-5-7-9-11/h8,12,14H,5-7,9-10H2,1-4H3. The number of hydrogen-bond donors (Lipinski definition) is 1. The number of hydrogen-bond acceptors (Lipinski definition) is 2. The zero-order valence-corrected chi connectivity index (χ0v) is 11.4. The smallest absolute Gasteiger partial charge is 0.0368 e. The molecule has 0 fully saturated rings. The van der Waals surface area contributed by atoms with E-state index in [0.717, 1.165) is 0 Å². The third-order valence-electron chi connectivity index (χ3n) is 2.81. The van der Waals surface area contributed by atoms with Crippen molar-refractivity contribution in [2.75, 3.05) is 12.8 Å². The Morgan fingerprint density at radius 2 is 2.13 bits per heavy atom. The van der Waals surface area contributed by atoms with E-state index < -0.39 is 0 Å². The molecule has 15 heavy (non-hydrogen) atoms. The molecule has 1 unspecified atom stereocenters. The molecule has 0 bridgehead atoms. The predicted molar refractivity (Wildman–Crippen MR) is 71.6 cm³/mol. The topological polar surface area (TPSA) is 12.0 Å². The van der Waals surface area contributed by atoms with Gasteiger partial charge in [-0.1, -0.05) is 32.4 Å². The maximum Gasteiger partial charge on any atom is 0.0368 e. The molecule has 0 aliphatic heterocycles. The van der Waals surface area contributed by atoms with Crippen LogP contribution in [0.5, 0.6) is 0 Å². The summed E-state index contributed by atoms with van der Waals surface area (Å²) in [6.07, 6.45) is 7.80. The van der Waals surface area contributed by atoms with Gasteiger partial charge in [0.2, 0.25) is 0 Å². The molecule has 0 aromatic carbocycles. The first-order chi connectivity index (χ1) is 7.03. The van der Waals surface area contributed by atoms with Gasteiger partial charge in [0.25, 0.3) is 0 Å². The molecular formula is C13H25NS. The van der Waals surface area contributed by atoms with Crippen LogP contribution in [0, 0.1) is 0 Å². The van der Waals surface area contributed by atoms with Gasteiger partial charge in [-0.25, -0.2) is 0 Å². The van der Waals surface area contributed by atoms with E-state index in [-0.39, 0.29) is 0 Å². The lowest BCUT2D eigenvalue weighted by Gasteiger charge is -2.26. The first-order valence-electron chi connectivity index (χ1n) is 6.03. The van der Waals surface area contributed by atoms with E-state index in [1.54, 1.807) is 5.57 Å². The lowest BCUT2D eigenvalue weighted by molar-refractivity contribution is 0.606. The number of thioether (sulfide) groups is 1. The maximum atomic E-state index is 3.46. The van der Waals surface area contributed by atoms with Gasteiger partial charge in [0, 0.05) is 16.5 Å². The zero-order chi connectivity index (χ0) is 11.3. The molecule has 88 valence electrons. The summed E-state index contributed by atoms with van der Waals surface area (Å²) in [5.41, 5.74) is 1.64. The Bertz CT molecular complexity index is 215. The van der Waals surface area contributed by atoms with E-state index in [0.29, 0.717) is 10.8 Å². The van der Waals surface area contributed by atoms with Gasteiger partial charge in [0.05, 0.1) is 0 Å². The fraction of sp³-hybridized carbons (Fsp3) is 0.846. The molecule has 0 aromatic heterocycles. The van der Waals surface area contributed by atoms with Crippen molar-refractivity contribution in [3.63, 3.8) is 0 Å². The monoisotopic (exact) mass is 227 g/mol. The highest BCUT2D eigenvalue weighted by Gasteiger charge is 2.18. The molecular weight excluding hydrogens is 202 g/mol. The van der Waals surface area contributed by atoms with Gasteiger partial charge >= 0.3 is 0 Å². The van der Waals surface area contributed by atoms with E-state index >= 15 is 0 Å². The van der Waals surface area contributed by atoms with Crippen molar-refractivity contribution in [2.24, 2.45) is 0 Å². The normalized spacial score (nSPS) is 19.9. The minimum atomic E-state index is 0.379. The van der Waals surface area contributed by atoms with E-state index in [4.69, 9.17) is 0 Å². The lowest BCUT2D eigenvalue weighted by atomic mass is 9.95. The summed E-state index contributed by atoms with van der Waals surface area (Å²) in [6.45, 7) is 6.87. The van der Waals surface area contributed by atoms with Crippen molar-refractivity contribution in [1.29, 1.82) is 0 Å². The number of likely N-dealkylation sites (N-methyl/N-ethyl adjacent to an activating group) is 1. The Labute approximate surface area is 99.1 Å². The van der Waals surface area contributed by atoms with Crippen LogP contribution in [0.2, 0.25) is 0 Å². The van der Waals surface area contributed by atoms with Crippen LogP contribution in [-0.2, 0) is 0 Å². The summed E-state index contributed by atoms with van der Waals surface area (Å²) in [5, 5.41) is 3.46. The summed E-state index contributed by atoms with van der Waals surface area (Å²) in [6, 6.07) is 0.592. The minimum absolute atomic E-state index is 0.379. The predicted octanol–water partition coefficient (Wildman–Crippen LogP) is 3.61.